The van der Waals surface area contributed by atoms with E-state index in [4.69, 9.17) is 0 Å². The minimum absolute atomic E-state index is 0.445. The number of benzene rings is 1. The average Bonchev–Trinajstić information content (AvgIpc) is 2.29. The van der Waals surface area contributed by atoms with Crippen molar-refractivity contribution in [3.05, 3.63) is 35.9 Å². The normalized spacial score (nSPS) is 26.7. The molecule has 1 aliphatic carbocycles. The molecule has 0 unspecified atom stereocenters. The molecule has 0 bridgehead atoms. The predicted molar refractivity (Wildman–Crippen MR) is 70.6 cm³/mol. The van der Waals surface area contributed by atoms with Gasteiger partial charge < -0.3 is 0 Å². The van der Waals surface area contributed by atoms with Gasteiger partial charge in [0.05, 0.1) is 0 Å². The Morgan fingerprint density at radius 3 is 2.19 bits per heavy atom. The van der Waals surface area contributed by atoms with Crippen LogP contribution in [-0.4, -0.2) is 0 Å². The molecule has 0 spiro atoms. The third kappa shape index (κ3) is 2.48. The highest BCUT2D eigenvalue weighted by atomic mass is 14.4. The Morgan fingerprint density at radius 1 is 0.938 bits per heavy atom. The molecule has 2 atom stereocenters. The highest BCUT2D eigenvalue weighted by Gasteiger charge is 2.34. The SMILES string of the molecule is CC(C)(C)[C@@H]1CCCC[C@H]1c1ccccc1. The topological polar surface area (TPSA) is 0 Å². The van der Waals surface area contributed by atoms with E-state index in [1.807, 2.05) is 0 Å². The first-order valence-corrected chi connectivity index (χ1v) is 6.64. The van der Waals surface area contributed by atoms with Crippen LogP contribution in [0.1, 0.15) is 57.9 Å². The number of hydrogen-bond donors (Lipinski definition) is 0. The fraction of sp³-hybridized carbons (Fsp3) is 0.625. The quantitative estimate of drug-likeness (QED) is 0.619. The van der Waals surface area contributed by atoms with Crippen LogP contribution in [0.15, 0.2) is 30.3 Å². The van der Waals surface area contributed by atoms with Crippen molar-refractivity contribution in [2.45, 2.75) is 52.4 Å². The average molecular weight is 216 g/mol. The van der Waals surface area contributed by atoms with Crippen LogP contribution in [0.5, 0.6) is 0 Å². The fourth-order valence-corrected chi connectivity index (χ4v) is 3.27. The van der Waals surface area contributed by atoms with E-state index in [2.05, 4.69) is 51.1 Å². The Hall–Kier alpha value is -0.780. The second-order valence-electron chi connectivity index (χ2n) is 6.27. The summed E-state index contributed by atoms with van der Waals surface area (Å²) in [6.45, 7) is 7.21. The van der Waals surface area contributed by atoms with Gasteiger partial charge in [-0.2, -0.15) is 0 Å². The molecule has 0 heteroatoms. The van der Waals surface area contributed by atoms with Gasteiger partial charge in [-0.15, -0.1) is 0 Å². The second kappa shape index (κ2) is 4.61. The van der Waals surface area contributed by atoms with E-state index < -0.39 is 0 Å². The molecular formula is C16H24. The minimum Gasteiger partial charge on any atom is -0.0622 e. The van der Waals surface area contributed by atoms with Crippen molar-refractivity contribution in [1.29, 1.82) is 0 Å². The molecule has 16 heavy (non-hydrogen) atoms. The van der Waals surface area contributed by atoms with Crippen LogP contribution in [0.2, 0.25) is 0 Å². The van der Waals surface area contributed by atoms with Gasteiger partial charge in [0.2, 0.25) is 0 Å². The Morgan fingerprint density at radius 2 is 1.56 bits per heavy atom. The van der Waals surface area contributed by atoms with E-state index in [0.717, 1.165) is 11.8 Å². The van der Waals surface area contributed by atoms with Crippen molar-refractivity contribution in [3.63, 3.8) is 0 Å². The lowest BCUT2D eigenvalue weighted by Gasteiger charge is -2.40. The molecule has 1 fully saturated rings. The van der Waals surface area contributed by atoms with E-state index in [1.54, 1.807) is 5.56 Å². The summed E-state index contributed by atoms with van der Waals surface area (Å²) in [5.41, 5.74) is 2.00. The van der Waals surface area contributed by atoms with E-state index in [1.165, 1.54) is 25.7 Å². The summed E-state index contributed by atoms with van der Waals surface area (Å²) >= 11 is 0. The number of rotatable bonds is 1. The van der Waals surface area contributed by atoms with Gasteiger partial charge in [-0.3, -0.25) is 0 Å². The summed E-state index contributed by atoms with van der Waals surface area (Å²) in [6.07, 6.45) is 5.62. The van der Waals surface area contributed by atoms with Crippen LogP contribution < -0.4 is 0 Å². The molecule has 88 valence electrons. The molecule has 1 aliphatic rings. The van der Waals surface area contributed by atoms with E-state index >= 15 is 0 Å². The molecule has 1 saturated carbocycles. The lowest BCUT2D eigenvalue weighted by molar-refractivity contribution is 0.151. The molecule has 1 aromatic carbocycles. The third-order valence-corrected chi connectivity index (χ3v) is 4.11. The lowest BCUT2D eigenvalue weighted by Crippen LogP contribution is -2.29. The summed E-state index contributed by atoms with van der Waals surface area (Å²) < 4.78 is 0. The highest BCUT2D eigenvalue weighted by molar-refractivity contribution is 5.21. The summed E-state index contributed by atoms with van der Waals surface area (Å²) in [7, 11) is 0. The number of hydrogen-bond acceptors (Lipinski definition) is 0. The van der Waals surface area contributed by atoms with Crippen LogP contribution in [-0.2, 0) is 0 Å². The van der Waals surface area contributed by atoms with E-state index in [-0.39, 0.29) is 0 Å². The first-order valence-electron chi connectivity index (χ1n) is 6.64. The first kappa shape index (κ1) is 11.7. The molecular weight excluding hydrogens is 192 g/mol. The monoisotopic (exact) mass is 216 g/mol. The van der Waals surface area contributed by atoms with Gasteiger partial charge in [0.15, 0.2) is 0 Å². The van der Waals surface area contributed by atoms with Crippen LogP contribution >= 0.6 is 0 Å². The Bertz CT molecular complexity index is 318. The van der Waals surface area contributed by atoms with Crippen molar-refractivity contribution in [2.24, 2.45) is 11.3 Å². The molecule has 2 rings (SSSR count). The maximum Gasteiger partial charge on any atom is -0.0129 e. The zero-order valence-corrected chi connectivity index (χ0v) is 10.9. The minimum atomic E-state index is 0.445. The van der Waals surface area contributed by atoms with Crippen molar-refractivity contribution in [1.82, 2.24) is 0 Å². The van der Waals surface area contributed by atoms with Gasteiger partial charge in [0.25, 0.3) is 0 Å². The lowest BCUT2D eigenvalue weighted by atomic mass is 9.64. The molecule has 0 N–H and O–H groups in total. The molecule has 1 aromatic rings. The Balaban J connectivity index is 2.24. The van der Waals surface area contributed by atoms with E-state index in [9.17, 15) is 0 Å². The van der Waals surface area contributed by atoms with Crippen LogP contribution in [0, 0.1) is 11.3 Å². The Kier molecular flexibility index (Phi) is 3.37. The molecule has 0 aromatic heterocycles. The maximum atomic E-state index is 2.40. The predicted octanol–water partition coefficient (Wildman–Crippen LogP) is 5.01. The standard InChI is InChI=1S/C16H24/c1-16(2,3)15-12-8-7-11-14(15)13-9-5-4-6-10-13/h4-6,9-10,14-15H,7-8,11-12H2,1-3H3/t14-,15+/m0/s1. The molecule has 0 aliphatic heterocycles. The summed E-state index contributed by atoms with van der Waals surface area (Å²) in [6, 6.07) is 11.1. The molecule has 0 nitrogen and oxygen atoms in total. The highest BCUT2D eigenvalue weighted by Crippen LogP contribution is 2.46. The van der Waals surface area contributed by atoms with Gasteiger partial charge in [-0.1, -0.05) is 63.9 Å². The summed E-state index contributed by atoms with van der Waals surface area (Å²) in [5.74, 6) is 1.64. The van der Waals surface area contributed by atoms with Crippen LogP contribution in [0.4, 0.5) is 0 Å². The Labute approximate surface area is 100 Å². The molecule has 0 saturated heterocycles. The van der Waals surface area contributed by atoms with Gasteiger partial charge >= 0.3 is 0 Å². The zero-order valence-electron chi connectivity index (χ0n) is 10.9. The zero-order chi connectivity index (χ0) is 11.6. The third-order valence-electron chi connectivity index (χ3n) is 4.11. The van der Waals surface area contributed by atoms with Crippen molar-refractivity contribution < 1.29 is 0 Å². The molecule has 0 amide bonds. The smallest absolute Gasteiger partial charge is 0.0129 e. The summed E-state index contributed by atoms with van der Waals surface area (Å²) in [4.78, 5) is 0. The molecule has 0 heterocycles. The van der Waals surface area contributed by atoms with Crippen LogP contribution in [0.3, 0.4) is 0 Å². The largest absolute Gasteiger partial charge is 0.0622 e. The van der Waals surface area contributed by atoms with Crippen molar-refractivity contribution >= 4 is 0 Å². The van der Waals surface area contributed by atoms with Gasteiger partial charge in [-0.05, 0) is 35.7 Å². The van der Waals surface area contributed by atoms with Gasteiger partial charge in [-0.25, -0.2) is 0 Å². The van der Waals surface area contributed by atoms with Crippen LogP contribution in [0.25, 0.3) is 0 Å². The van der Waals surface area contributed by atoms with Crippen molar-refractivity contribution in [2.75, 3.05) is 0 Å². The first-order chi connectivity index (χ1) is 7.59. The maximum absolute atomic E-state index is 2.40. The summed E-state index contributed by atoms with van der Waals surface area (Å²) in [5, 5.41) is 0. The second-order valence-corrected chi connectivity index (χ2v) is 6.27. The van der Waals surface area contributed by atoms with E-state index in [0.29, 0.717) is 5.41 Å². The fourth-order valence-electron chi connectivity index (χ4n) is 3.27. The van der Waals surface area contributed by atoms with Gasteiger partial charge in [0, 0.05) is 0 Å². The van der Waals surface area contributed by atoms with Gasteiger partial charge in [0.1, 0.15) is 0 Å². The van der Waals surface area contributed by atoms with Crippen molar-refractivity contribution in [3.8, 4) is 0 Å². The molecule has 0 radical (unpaired) electrons.